The fourth-order valence-corrected chi connectivity index (χ4v) is 4.21. The van der Waals surface area contributed by atoms with Crippen molar-refractivity contribution in [3.63, 3.8) is 0 Å². The second-order valence-corrected chi connectivity index (χ2v) is 7.52. The van der Waals surface area contributed by atoms with Crippen LogP contribution in [0.5, 0.6) is 0 Å². The van der Waals surface area contributed by atoms with Gasteiger partial charge in [0.25, 0.3) is 0 Å². The molecule has 142 valence electrons. The van der Waals surface area contributed by atoms with Crippen molar-refractivity contribution in [3.05, 3.63) is 16.8 Å². The minimum absolute atomic E-state index is 0. The molecule has 0 aromatic carbocycles. The van der Waals surface area contributed by atoms with Crippen LogP contribution in [0.3, 0.4) is 0 Å². The number of anilines is 1. The molecule has 2 aliphatic heterocycles. The third-order valence-electron chi connectivity index (χ3n) is 5.10. The number of carbonyl (C=O) groups is 1. The summed E-state index contributed by atoms with van der Waals surface area (Å²) in [6.07, 6.45) is 3.42. The van der Waals surface area contributed by atoms with Crippen LogP contribution in [0.25, 0.3) is 0 Å². The van der Waals surface area contributed by atoms with Crippen LogP contribution < -0.4 is 4.90 Å². The van der Waals surface area contributed by atoms with Gasteiger partial charge < -0.3 is 14.5 Å². The molecule has 0 aliphatic carbocycles. The van der Waals surface area contributed by atoms with Gasteiger partial charge in [0.2, 0.25) is 5.91 Å². The highest BCUT2D eigenvalue weighted by molar-refractivity contribution is 7.08. The van der Waals surface area contributed by atoms with Crippen LogP contribution in [0.15, 0.2) is 16.8 Å². The summed E-state index contributed by atoms with van der Waals surface area (Å²) in [7, 11) is 0. The van der Waals surface area contributed by atoms with E-state index in [9.17, 15) is 4.79 Å². The average molecular weight is 388 g/mol. The lowest BCUT2D eigenvalue weighted by Crippen LogP contribution is -2.46. The predicted octanol–water partition coefficient (Wildman–Crippen LogP) is 2.71. The first kappa shape index (κ1) is 20.5. The third-order valence-corrected chi connectivity index (χ3v) is 5.77. The first-order valence-electron chi connectivity index (χ1n) is 9.09. The van der Waals surface area contributed by atoms with Gasteiger partial charge in [0.15, 0.2) is 0 Å². The van der Waals surface area contributed by atoms with Crippen molar-refractivity contribution in [3.8, 4) is 0 Å². The molecule has 0 saturated carbocycles. The second kappa shape index (κ2) is 10.4. The Kier molecular flexibility index (Phi) is 8.49. The third kappa shape index (κ3) is 6.13. The summed E-state index contributed by atoms with van der Waals surface area (Å²) in [5, 5.41) is 4.39. The number of rotatable bonds is 6. The molecule has 7 heteroatoms. The maximum atomic E-state index is 11.3. The first-order valence-corrected chi connectivity index (χ1v) is 10.0. The van der Waals surface area contributed by atoms with Gasteiger partial charge in [0.05, 0.1) is 6.10 Å². The summed E-state index contributed by atoms with van der Waals surface area (Å²) in [4.78, 5) is 18.3. The number of thiophene rings is 1. The van der Waals surface area contributed by atoms with E-state index in [1.165, 1.54) is 5.69 Å². The lowest BCUT2D eigenvalue weighted by Gasteiger charge is -2.35. The van der Waals surface area contributed by atoms with Crippen LogP contribution in [0.1, 0.15) is 26.2 Å². The largest absolute Gasteiger partial charge is 0.378 e. The van der Waals surface area contributed by atoms with Crippen LogP contribution >= 0.6 is 23.7 Å². The van der Waals surface area contributed by atoms with Gasteiger partial charge in [-0.1, -0.05) is 0 Å². The molecule has 2 fully saturated rings. The highest BCUT2D eigenvalue weighted by Gasteiger charge is 2.21. The van der Waals surface area contributed by atoms with Crippen molar-refractivity contribution in [1.29, 1.82) is 0 Å². The van der Waals surface area contributed by atoms with Crippen LogP contribution in [0.2, 0.25) is 0 Å². The molecule has 0 atom stereocenters. The minimum Gasteiger partial charge on any atom is -0.378 e. The lowest BCUT2D eigenvalue weighted by molar-refractivity contribution is -0.131. The number of carbonyl (C=O) groups excluding carboxylic acids is 1. The maximum absolute atomic E-state index is 11.3. The van der Waals surface area contributed by atoms with E-state index >= 15 is 0 Å². The molecule has 0 bridgehead atoms. The Morgan fingerprint density at radius 1 is 1.20 bits per heavy atom. The number of ether oxygens (including phenoxy) is 1. The van der Waals surface area contributed by atoms with E-state index < -0.39 is 0 Å². The molecule has 0 N–H and O–H groups in total. The van der Waals surface area contributed by atoms with E-state index in [1.54, 1.807) is 18.3 Å². The molecular formula is C18H30ClN3O2S. The molecule has 0 spiro atoms. The van der Waals surface area contributed by atoms with Gasteiger partial charge in [-0.25, -0.2) is 0 Å². The smallest absolute Gasteiger partial charge is 0.219 e. The quantitative estimate of drug-likeness (QED) is 0.703. The Hall–Kier alpha value is -0.820. The number of likely N-dealkylation sites (tertiary alicyclic amines) is 1. The summed E-state index contributed by atoms with van der Waals surface area (Å²) < 4.78 is 6.01. The Labute approximate surface area is 161 Å². The molecule has 25 heavy (non-hydrogen) atoms. The fraction of sp³-hybridized carbons (Fsp3) is 0.722. The predicted molar refractivity (Wildman–Crippen MR) is 106 cm³/mol. The van der Waals surface area contributed by atoms with Crippen molar-refractivity contribution in [2.45, 2.75) is 32.3 Å². The van der Waals surface area contributed by atoms with E-state index in [0.29, 0.717) is 6.10 Å². The fourth-order valence-electron chi connectivity index (χ4n) is 3.54. The molecule has 3 rings (SSSR count). The van der Waals surface area contributed by atoms with Gasteiger partial charge in [0, 0.05) is 70.4 Å². The zero-order valence-corrected chi connectivity index (χ0v) is 16.7. The van der Waals surface area contributed by atoms with Gasteiger partial charge in [-0.05, 0) is 30.7 Å². The lowest BCUT2D eigenvalue weighted by atomic mass is 10.1. The summed E-state index contributed by atoms with van der Waals surface area (Å²) in [5.74, 6) is 0.190. The van der Waals surface area contributed by atoms with Crippen molar-refractivity contribution >= 4 is 35.3 Å². The molecule has 1 aromatic heterocycles. The maximum Gasteiger partial charge on any atom is 0.219 e. The molecular weight excluding hydrogens is 358 g/mol. The van der Waals surface area contributed by atoms with Crippen LogP contribution in [-0.2, 0) is 9.53 Å². The summed E-state index contributed by atoms with van der Waals surface area (Å²) in [6, 6.07) is 2.21. The zero-order chi connectivity index (χ0) is 16.8. The van der Waals surface area contributed by atoms with E-state index in [0.717, 1.165) is 71.7 Å². The highest BCUT2D eigenvalue weighted by atomic mass is 35.5. The zero-order valence-electron chi connectivity index (χ0n) is 15.1. The van der Waals surface area contributed by atoms with Crippen LogP contribution in [-0.4, -0.2) is 74.2 Å². The average Bonchev–Trinajstić information content (AvgIpc) is 3.14. The number of piperazine rings is 1. The molecule has 0 unspecified atom stereocenters. The van der Waals surface area contributed by atoms with E-state index in [4.69, 9.17) is 4.74 Å². The summed E-state index contributed by atoms with van der Waals surface area (Å²) >= 11 is 1.77. The Morgan fingerprint density at radius 3 is 2.52 bits per heavy atom. The first-order chi connectivity index (χ1) is 11.7. The van der Waals surface area contributed by atoms with Crippen LogP contribution in [0, 0.1) is 0 Å². The normalized spacial score (nSPS) is 19.7. The molecule has 1 amide bonds. The Balaban J connectivity index is 0.00000225. The van der Waals surface area contributed by atoms with Crippen molar-refractivity contribution in [2.24, 2.45) is 0 Å². The summed E-state index contributed by atoms with van der Waals surface area (Å²) in [6.45, 7) is 9.87. The molecule has 5 nitrogen and oxygen atoms in total. The number of nitrogens with zero attached hydrogens (tertiary/aromatic N) is 3. The van der Waals surface area contributed by atoms with Gasteiger partial charge in [-0.2, -0.15) is 11.3 Å². The van der Waals surface area contributed by atoms with Gasteiger partial charge >= 0.3 is 0 Å². The van der Waals surface area contributed by atoms with E-state index in [1.807, 2.05) is 4.90 Å². The molecule has 3 heterocycles. The van der Waals surface area contributed by atoms with Crippen molar-refractivity contribution in [1.82, 2.24) is 9.80 Å². The number of amides is 1. The standard InChI is InChI=1S/C18H29N3O2S.ClH/c1-16(22)20-7-3-18(4-8-20)23-13-2-6-19-9-11-21(12-10-19)17-5-14-24-15-17;/h5,14-15,18H,2-4,6-13H2,1H3;1H. The van der Waals surface area contributed by atoms with Crippen molar-refractivity contribution in [2.75, 3.05) is 57.3 Å². The van der Waals surface area contributed by atoms with E-state index in [-0.39, 0.29) is 18.3 Å². The topological polar surface area (TPSA) is 36.0 Å². The second-order valence-electron chi connectivity index (χ2n) is 6.74. The molecule has 0 radical (unpaired) electrons. The highest BCUT2D eigenvalue weighted by Crippen LogP contribution is 2.19. The minimum atomic E-state index is 0. The monoisotopic (exact) mass is 387 g/mol. The van der Waals surface area contributed by atoms with Crippen LogP contribution in [0.4, 0.5) is 5.69 Å². The van der Waals surface area contributed by atoms with E-state index in [2.05, 4.69) is 26.6 Å². The van der Waals surface area contributed by atoms with Gasteiger partial charge in [-0.15, -0.1) is 12.4 Å². The van der Waals surface area contributed by atoms with Gasteiger partial charge in [0.1, 0.15) is 0 Å². The number of hydrogen-bond donors (Lipinski definition) is 0. The van der Waals surface area contributed by atoms with Crippen molar-refractivity contribution < 1.29 is 9.53 Å². The molecule has 2 aliphatic rings. The summed E-state index contributed by atoms with van der Waals surface area (Å²) in [5.41, 5.74) is 1.37. The number of hydrogen-bond acceptors (Lipinski definition) is 5. The molecule has 2 saturated heterocycles. The SMILES string of the molecule is CC(=O)N1CCC(OCCCN2CCN(c3ccsc3)CC2)CC1.Cl. The number of piperidine rings is 1. The van der Waals surface area contributed by atoms with Gasteiger partial charge in [-0.3, -0.25) is 9.69 Å². The molecule has 1 aromatic rings. The Morgan fingerprint density at radius 2 is 1.92 bits per heavy atom. The Bertz CT molecular complexity index is 498. The number of halogens is 1.